The molecular weight excluding hydrogens is 398 g/mol. The molecule has 1 atom stereocenters. The van der Waals surface area contributed by atoms with Crippen LogP contribution >= 0.6 is 27.5 Å². The average Bonchev–Trinajstić information content (AvgIpc) is 2.96. The first-order valence-electron chi connectivity index (χ1n) is 7.09. The number of hydrogen-bond donors (Lipinski definition) is 1. The Morgan fingerprint density at radius 2 is 2.08 bits per heavy atom. The van der Waals surface area contributed by atoms with Gasteiger partial charge in [-0.2, -0.15) is 0 Å². The molecule has 7 heteroatoms. The zero-order chi connectivity index (χ0) is 17.5. The minimum atomic E-state index is -0.636. The molecule has 1 aromatic carbocycles. The second kappa shape index (κ2) is 8.70. The summed E-state index contributed by atoms with van der Waals surface area (Å²) >= 11 is 9.23. The highest BCUT2D eigenvalue weighted by Crippen LogP contribution is 2.21. The first kappa shape index (κ1) is 18.3. The Kier molecular flexibility index (Phi) is 6.63. The van der Waals surface area contributed by atoms with Crippen LogP contribution in [0.2, 0.25) is 5.02 Å². The Morgan fingerprint density at radius 3 is 2.75 bits per heavy atom. The van der Waals surface area contributed by atoms with Crippen LogP contribution in [0.25, 0.3) is 6.08 Å². The molecule has 0 radical (unpaired) electrons. The SMILES string of the molecule is C[C@H](NC(=O)COC(=O)/C=C/c1ccc(Br)o1)c1ccccc1Cl. The molecule has 0 saturated carbocycles. The molecule has 126 valence electrons. The predicted octanol–water partition coefficient (Wildman–Crippen LogP) is 4.13. The van der Waals surface area contributed by atoms with Crippen LogP contribution in [0, 0.1) is 0 Å². The van der Waals surface area contributed by atoms with Gasteiger partial charge < -0.3 is 14.5 Å². The van der Waals surface area contributed by atoms with Gasteiger partial charge in [-0.15, -0.1) is 0 Å². The molecule has 0 fully saturated rings. The monoisotopic (exact) mass is 411 g/mol. The number of benzene rings is 1. The summed E-state index contributed by atoms with van der Waals surface area (Å²) in [5.74, 6) is -0.552. The molecule has 1 aromatic heterocycles. The highest BCUT2D eigenvalue weighted by molar-refractivity contribution is 9.10. The van der Waals surface area contributed by atoms with Gasteiger partial charge in [-0.05, 0) is 52.7 Å². The van der Waals surface area contributed by atoms with Crippen LogP contribution in [-0.4, -0.2) is 18.5 Å². The quantitative estimate of drug-likeness (QED) is 0.572. The largest absolute Gasteiger partial charge is 0.452 e. The third-order valence-corrected chi connectivity index (χ3v) is 3.84. The lowest BCUT2D eigenvalue weighted by atomic mass is 10.1. The summed E-state index contributed by atoms with van der Waals surface area (Å²) in [5.41, 5.74) is 0.794. The first-order valence-corrected chi connectivity index (χ1v) is 8.27. The second-order valence-electron chi connectivity index (χ2n) is 4.89. The van der Waals surface area contributed by atoms with E-state index in [1.54, 1.807) is 25.1 Å². The van der Waals surface area contributed by atoms with Gasteiger partial charge in [0.15, 0.2) is 11.3 Å². The number of esters is 1. The molecule has 2 rings (SSSR count). The van der Waals surface area contributed by atoms with Crippen LogP contribution in [0.15, 0.2) is 51.6 Å². The van der Waals surface area contributed by atoms with Crippen molar-refractivity contribution in [1.82, 2.24) is 5.32 Å². The fourth-order valence-electron chi connectivity index (χ4n) is 1.94. The maximum Gasteiger partial charge on any atom is 0.331 e. The number of carbonyl (C=O) groups is 2. The normalized spacial score (nSPS) is 12.1. The van der Waals surface area contributed by atoms with E-state index in [0.717, 1.165) is 5.56 Å². The lowest BCUT2D eigenvalue weighted by molar-refractivity contribution is -0.144. The van der Waals surface area contributed by atoms with E-state index in [1.807, 2.05) is 18.2 Å². The number of hydrogen-bond acceptors (Lipinski definition) is 4. The summed E-state index contributed by atoms with van der Waals surface area (Å²) in [6.45, 7) is 1.43. The Labute approximate surface area is 152 Å². The van der Waals surface area contributed by atoms with E-state index in [-0.39, 0.29) is 12.6 Å². The summed E-state index contributed by atoms with van der Waals surface area (Å²) in [5, 5.41) is 3.28. The van der Waals surface area contributed by atoms with Gasteiger partial charge >= 0.3 is 5.97 Å². The van der Waals surface area contributed by atoms with Gasteiger partial charge in [0.1, 0.15) is 5.76 Å². The van der Waals surface area contributed by atoms with E-state index in [4.69, 9.17) is 20.8 Å². The van der Waals surface area contributed by atoms with Gasteiger partial charge in [0.05, 0.1) is 6.04 Å². The maximum absolute atomic E-state index is 11.8. The summed E-state index contributed by atoms with van der Waals surface area (Å²) < 4.78 is 10.6. The topological polar surface area (TPSA) is 68.5 Å². The molecule has 24 heavy (non-hydrogen) atoms. The second-order valence-corrected chi connectivity index (χ2v) is 6.08. The van der Waals surface area contributed by atoms with Crippen LogP contribution in [0.5, 0.6) is 0 Å². The number of amides is 1. The number of furan rings is 1. The Balaban J connectivity index is 1.79. The van der Waals surface area contributed by atoms with Crippen LogP contribution < -0.4 is 5.32 Å². The van der Waals surface area contributed by atoms with Crippen molar-refractivity contribution in [1.29, 1.82) is 0 Å². The van der Waals surface area contributed by atoms with E-state index < -0.39 is 11.9 Å². The number of halogens is 2. The molecule has 0 aliphatic carbocycles. The van der Waals surface area contributed by atoms with Gasteiger partial charge in [0, 0.05) is 11.1 Å². The van der Waals surface area contributed by atoms with Crippen molar-refractivity contribution in [2.45, 2.75) is 13.0 Å². The highest BCUT2D eigenvalue weighted by Gasteiger charge is 2.13. The van der Waals surface area contributed by atoms with Gasteiger partial charge in [0.2, 0.25) is 0 Å². The van der Waals surface area contributed by atoms with Crippen LogP contribution in [0.3, 0.4) is 0 Å². The molecular formula is C17H15BrClNO4. The Bertz CT molecular complexity index is 757. The first-order chi connectivity index (χ1) is 11.5. The molecule has 0 aliphatic rings. The van der Waals surface area contributed by atoms with Gasteiger partial charge in [-0.3, -0.25) is 4.79 Å². The van der Waals surface area contributed by atoms with Crippen LogP contribution in [-0.2, 0) is 14.3 Å². The minimum Gasteiger partial charge on any atom is -0.452 e. The van der Waals surface area contributed by atoms with E-state index in [9.17, 15) is 9.59 Å². The number of rotatable bonds is 6. The third kappa shape index (κ3) is 5.54. The van der Waals surface area contributed by atoms with Crippen LogP contribution in [0.4, 0.5) is 0 Å². The zero-order valence-electron chi connectivity index (χ0n) is 12.8. The molecule has 0 bridgehead atoms. The van der Waals surface area contributed by atoms with Crippen molar-refractivity contribution in [3.63, 3.8) is 0 Å². The number of ether oxygens (including phenoxy) is 1. The third-order valence-electron chi connectivity index (χ3n) is 3.07. The van der Waals surface area contributed by atoms with Gasteiger partial charge in [-0.1, -0.05) is 29.8 Å². The van der Waals surface area contributed by atoms with Crippen molar-refractivity contribution in [3.05, 3.63) is 63.5 Å². The Hall–Kier alpha value is -2.05. The molecule has 0 aliphatic heterocycles. The van der Waals surface area contributed by atoms with Crippen LogP contribution in [0.1, 0.15) is 24.3 Å². The summed E-state index contributed by atoms with van der Waals surface area (Å²) in [4.78, 5) is 23.4. The molecule has 1 N–H and O–H groups in total. The minimum absolute atomic E-state index is 0.291. The van der Waals surface area contributed by atoms with Crippen molar-refractivity contribution in [2.75, 3.05) is 6.61 Å². The summed E-state index contributed by atoms with van der Waals surface area (Å²) in [7, 11) is 0. The zero-order valence-corrected chi connectivity index (χ0v) is 15.1. The highest BCUT2D eigenvalue weighted by atomic mass is 79.9. The van der Waals surface area contributed by atoms with Crippen molar-refractivity contribution in [3.8, 4) is 0 Å². The predicted molar refractivity (Wildman–Crippen MR) is 94.4 cm³/mol. The number of nitrogens with one attached hydrogen (secondary N) is 1. The van der Waals surface area contributed by atoms with E-state index in [2.05, 4.69) is 21.2 Å². The fourth-order valence-corrected chi connectivity index (χ4v) is 2.56. The van der Waals surface area contributed by atoms with Gasteiger partial charge in [-0.25, -0.2) is 4.79 Å². The molecule has 0 unspecified atom stereocenters. The fraction of sp³-hybridized carbons (Fsp3) is 0.176. The average molecular weight is 413 g/mol. The molecule has 0 saturated heterocycles. The molecule has 5 nitrogen and oxygen atoms in total. The van der Waals surface area contributed by atoms with E-state index >= 15 is 0 Å². The van der Waals surface area contributed by atoms with Crippen molar-refractivity contribution < 1.29 is 18.7 Å². The smallest absolute Gasteiger partial charge is 0.331 e. The standard InChI is InChI=1S/C17H15BrClNO4/c1-11(13-4-2-3-5-14(13)19)20-16(21)10-23-17(22)9-7-12-6-8-15(18)24-12/h2-9,11H,10H2,1H3,(H,20,21)/b9-7+/t11-/m0/s1. The lowest BCUT2D eigenvalue weighted by Crippen LogP contribution is -2.31. The van der Waals surface area contributed by atoms with Gasteiger partial charge in [0.25, 0.3) is 5.91 Å². The molecule has 1 heterocycles. The molecule has 2 aromatic rings. The lowest BCUT2D eigenvalue weighted by Gasteiger charge is -2.15. The summed E-state index contributed by atoms with van der Waals surface area (Å²) in [6.07, 6.45) is 2.65. The molecule has 1 amide bonds. The summed E-state index contributed by atoms with van der Waals surface area (Å²) in [6, 6.07) is 10.3. The number of carbonyl (C=O) groups excluding carboxylic acids is 2. The van der Waals surface area contributed by atoms with E-state index in [0.29, 0.717) is 15.5 Å². The van der Waals surface area contributed by atoms with Crippen molar-refractivity contribution >= 4 is 45.5 Å². The maximum atomic E-state index is 11.8. The Morgan fingerprint density at radius 1 is 1.33 bits per heavy atom. The van der Waals surface area contributed by atoms with E-state index in [1.165, 1.54) is 12.2 Å². The van der Waals surface area contributed by atoms with Crippen molar-refractivity contribution in [2.24, 2.45) is 0 Å². The molecule has 0 spiro atoms.